The molecule has 53 heavy (non-hydrogen) atoms. The summed E-state index contributed by atoms with van der Waals surface area (Å²) in [4.78, 5) is 13.0. The Kier molecular flexibility index (Phi) is 31.1. The van der Waals surface area contributed by atoms with Crippen molar-refractivity contribution in [3.63, 3.8) is 0 Å². The molecule has 11 nitrogen and oxygen atoms in total. The second-order valence-electron chi connectivity index (χ2n) is 15.4. The van der Waals surface area contributed by atoms with E-state index < -0.39 is 74.2 Å². The number of hydrogen-bond acceptors (Lipinski definition) is 10. The van der Waals surface area contributed by atoms with E-state index in [9.17, 15) is 40.5 Å². The van der Waals surface area contributed by atoms with Gasteiger partial charge in [-0.05, 0) is 38.5 Å². The number of ether oxygens (including phenoxy) is 2. The molecule has 1 amide bonds. The Balaban J connectivity index is 2.47. The van der Waals surface area contributed by atoms with Crippen molar-refractivity contribution >= 4 is 5.91 Å². The lowest BCUT2D eigenvalue weighted by molar-refractivity contribution is -0.303. The van der Waals surface area contributed by atoms with Gasteiger partial charge in [0.1, 0.15) is 36.6 Å². The summed E-state index contributed by atoms with van der Waals surface area (Å²) in [5.41, 5.74) is 0. The summed E-state index contributed by atoms with van der Waals surface area (Å²) in [6.45, 7) is 3.39. The van der Waals surface area contributed by atoms with Gasteiger partial charge in [0.2, 0.25) is 5.91 Å². The Morgan fingerprint density at radius 2 is 1.09 bits per heavy atom. The van der Waals surface area contributed by atoms with Crippen molar-refractivity contribution in [2.45, 2.75) is 236 Å². The largest absolute Gasteiger partial charge is 0.394 e. The quantitative estimate of drug-likeness (QED) is 0.0277. The molecule has 0 aromatic carbocycles. The van der Waals surface area contributed by atoms with E-state index in [-0.39, 0.29) is 6.42 Å². The topological polar surface area (TPSA) is 189 Å². The maximum Gasteiger partial charge on any atom is 0.249 e. The fraction of sp³-hybridized carbons (Fsp3) is 0.929. The third-order valence-electron chi connectivity index (χ3n) is 10.6. The predicted molar refractivity (Wildman–Crippen MR) is 210 cm³/mol. The van der Waals surface area contributed by atoms with Crippen molar-refractivity contribution in [2.75, 3.05) is 13.2 Å². The van der Waals surface area contributed by atoms with Gasteiger partial charge in [-0.1, -0.05) is 154 Å². The average Bonchev–Trinajstić information content (AvgIpc) is 3.16. The zero-order valence-corrected chi connectivity index (χ0v) is 33.5. The number of aliphatic hydroxyl groups excluding tert-OH is 7. The lowest BCUT2D eigenvalue weighted by atomic mass is 9.98. The molecule has 1 fully saturated rings. The van der Waals surface area contributed by atoms with Crippen LogP contribution in [0, 0.1) is 0 Å². The van der Waals surface area contributed by atoms with Gasteiger partial charge in [-0.15, -0.1) is 0 Å². The molecule has 0 aromatic rings. The van der Waals surface area contributed by atoms with Crippen molar-refractivity contribution in [1.82, 2.24) is 5.32 Å². The highest BCUT2D eigenvalue weighted by Gasteiger charge is 2.44. The van der Waals surface area contributed by atoms with E-state index in [1.165, 1.54) is 89.9 Å². The monoisotopic (exact) mass is 760 g/mol. The minimum atomic E-state index is -1.66. The van der Waals surface area contributed by atoms with Crippen LogP contribution in [0.2, 0.25) is 0 Å². The summed E-state index contributed by atoms with van der Waals surface area (Å²) in [6, 6.07) is -1.17. The molecule has 0 aromatic heterocycles. The Hall–Kier alpha value is -1.15. The number of carbonyl (C=O) groups is 1. The molecule has 314 valence electrons. The predicted octanol–water partition coefficient (Wildman–Crippen LogP) is 6.11. The molecule has 1 heterocycles. The summed E-state index contributed by atoms with van der Waals surface area (Å²) in [7, 11) is 0. The van der Waals surface area contributed by atoms with Gasteiger partial charge < -0.3 is 50.5 Å². The molecule has 11 heteroatoms. The van der Waals surface area contributed by atoms with E-state index in [0.29, 0.717) is 19.3 Å². The van der Waals surface area contributed by atoms with Crippen LogP contribution >= 0.6 is 0 Å². The summed E-state index contributed by atoms with van der Waals surface area (Å²) in [5.74, 6) is -0.707. The van der Waals surface area contributed by atoms with Gasteiger partial charge in [0.15, 0.2) is 6.29 Å². The van der Waals surface area contributed by atoms with E-state index in [0.717, 1.165) is 51.4 Å². The van der Waals surface area contributed by atoms with Gasteiger partial charge in [-0.3, -0.25) is 4.79 Å². The van der Waals surface area contributed by atoms with Gasteiger partial charge in [0.05, 0.1) is 25.4 Å². The van der Waals surface area contributed by atoms with Crippen LogP contribution in [-0.4, -0.2) is 110 Å². The zero-order chi connectivity index (χ0) is 39.1. The summed E-state index contributed by atoms with van der Waals surface area (Å²) in [6.07, 6.45) is 21.3. The molecular formula is C42H81NO10. The SMILES string of the molecule is CCCCCCCCCCC/C=C\CCCCCCC(O)C(=O)NC(COC1OC(CO)C(O)C(O)C1O)C(O)C(O)CCCCCCCCCCC. The molecule has 0 spiro atoms. The number of unbranched alkanes of at least 4 members (excludes halogenated alkanes) is 21. The highest BCUT2D eigenvalue weighted by atomic mass is 16.7. The van der Waals surface area contributed by atoms with Gasteiger partial charge in [-0.25, -0.2) is 0 Å². The lowest BCUT2D eigenvalue weighted by Gasteiger charge is -2.40. The second-order valence-corrected chi connectivity index (χ2v) is 15.4. The van der Waals surface area contributed by atoms with Crippen molar-refractivity contribution in [3.8, 4) is 0 Å². The normalized spacial score (nSPS) is 22.9. The molecule has 0 aliphatic carbocycles. The van der Waals surface area contributed by atoms with Crippen LogP contribution in [0.1, 0.15) is 181 Å². The zero-order valence-electron chi connectivity index (χ0n) is 33.5. The van der Waals surface area contributed by atoms with Crippen molar-refractivity contribution < 1.29 is 50.0 Å². The summed E-state index contributed by atoms with van der Waals surface area (Å²) in [5, 5.41) is 75.3. The fourth-order valence-electron chi connectivity index (χ4n) is 6.90. The van der Waals surface area contributed by atoms with E-state index in [4.69, 9.17) is 9.47 Å². The average molecular weight is 760 g/mol. The van der Waals surface area contributed by atoms with Crippen molar-refractivity contribution in [1.29, 1.82) is 0 Å². The summed E-state index contributed by atoms with van der Waals surface area (Å²) < 4.78 is 11.0. The second kappa shape index (κ2) is 33.0. The smallest absolute Gasteiger partial charge is 0.249 e. The number of carbonyl (C=O) groups excluding carboxylic acids is 1. The molecule has 0 radical (unpaired) electrons. The molecule has 0 saturated carbocycles. The van der Waals surface area contributed by atoms with Gasteiger partial charge >= 0.3 is 0 Å². The first-order chi connectivity index (χ1) is 25.7. The van der Waals surface area contributed by atoms with Gasteiger partial charge in [0, 0.05) is 0 Å². The molecular weight excluding hydrogens is 678 g/mol. The minimum absolute atomic E-state index is 0.248. The van der Waals surface area contributed by atoms with E-state index in [1.807, 2.05) is 0 Å². The Labute approximate surface area is 322 Å². The van der Waals surface area contributed by atoms with Crippen LogP contribution in [0.4, 0.5) is 0 Å². The highest BCUT2D eigenvalue weighted by molar-refractivity contribution is 5.80. The van der Waals surface area contributed by atoms with Crippen LogP contribution in [0.5, 0.6) is 0 Å². The molecule has 0 bridgehead atoms. The first-order valence-electron chi connectivity index (χ1n) is 21.6. The van der Waals surface area contributed by atoms with Gasteiger partial charge in [0.25, 0.3) is 0 Å². The number of rotatable bonds is 35. The standard InChI is InChI=1S/C42H81NO10/c1-3-5-7-9-11-13-14-15-16-17-18-19-20-22-24-26-28-30-35(46)41(51)43-33(32-52-42-40(50)39(49)38(48)36(31-44)53-42)37(47)34(45)29-27-25-23-21-12-10-8-6-4-2/h18-19,33-40,42,44-50H,3-17,20-32H2,1-2H3,(H,43,51)/b19-18-. The third kappa shape index (κ3) is 23.5. The molecule has 1 aliphatic rings. The van der Waals surface area contributed by atoms with Crippen molar-refractivity contribution in [3.05, 3.63) is 12.2 Å². The Morgan fingerprint density at radius 1 is 0.642 bits per heavy atom. The highest BCUT2D eigenvalue weighted by Crippen LogP contribution is 2.23. The number of amides is 1. The van der Waals surface area contributed by atoms with E-state index in [1.54, 1.807) is 0 Å². The summed E-state index contributed by atoms with van der Waals surface area (Å²) >= 11 is 0. The first kappa shape index (κ1) is 49.9. The van der Waals surface area contributed by atoms with Crippen LogP contribution in [-0.2, 0) is 14.3 Å². The molecule has 1 saturated heterocycles. The Morgan fingerprint density at radius 3 is 1.58 bits per heavy atom. The van der Waals surface area contributed by atoms with Crippen LogP contribution in [0.15, 0.2) is 12.2 Å². The molecule has 1 rings (SSSR count). The number of nitrogens with one attached hydrogen (secondary N) is 1. The maximum absolute atomic E-state index is 13.0. The van der Waals surface area contributed by atoms with Crippen molar-refractivity contribution in [2.24, 2.45) is 0 Å². The number of allylic oxidation sites excluding steroid dienone is 2. The molecule has 1 aliphatic heterocycles. The first-order valence-corrected chi connectivity index (χ1v) is 21.6. The molecule has 9 unspecified atom stereocenters. The lowest BCUT2D eigenvalue weighted by Crippen LogP contribution is -2.60. The van der Waals surface area contributed by atoms with Crippen LogP contribution in [0.25, 0.3) is 0 Å². The van der Waals surface area contributed by atoms with E-state index >= 15 is 0 Å². The van der Waals surface area contributed by atoms with Gasteiger partial charge in [-0.2, -0.15) is 0 Å². The molecule has 8 N–H and O–H groups in total. The van der Waals surface area contributed by atoms with Crippen LogP contribution in [0.3, 0.4) is 0 Å². The van der Waals surface area contributed by atoms with E-state index in [2.05, 4.69) is 31.3 Å². The van der Waals surface area contributed by atoms with Crippen LogP contribution < -0.4 is 5.32 Å². The molecule has 9 atom stereocenters. The number of hydrogen-bond donors (Lipinski definition) is 8. The number of aliphatic hydroxyl groups is 7. The maximum atomic E-state index is 13.0. The third-order valence-corrected chi connectivity index (χ3v) is 10.6. The fourth-order valence-corrected chi connectivity index (χ4v) is 6.90. The Bertz CT molecular complexity index is 877. The minimum Gasteiger partial charge on any atom is -0.394 e.